The fourth-order valence-corrected chi connectivity index (χ4v) is 3.34. The van der Waals surface area contributed by atoms with Crippen molar-refractivity contribution in [2.24, 2.45) is 0 Å². The van der Waals surface area contributed by atoms with Crippen molar-refractivity contribution in [3.8, 4) is 0 Å². The number of carbonyl (C=O) groups excluding carboxylic acids is 1. The van der Waals surface area contributed by atoms with Gasteiger partial charge in [0.1, 0.15) is 5.60 Å². The van der Waals surface area contributed by atoms with Crippen LogP contribution in [0.5, 0.6) is 0 Å². The molecule has 2 aliphatic carbocycles. The van der Waals surface area contributed by atoms with Gasteiger partial charge in [0.25, 0.3) is 0 Å². The van der Waals surface area contributed by atoms with Gasteiger partial charge in [-0.3, -0.25) is 4.79 Å². The van der Waals surface area contributed by atoms with E-state index < -0.39 is 5.60 Å². The molecule has 1 saturated carbocycles. The van der Waals surface area contributed by atoms with Gasteiger partial charge < -0.3 is 4.74 Å². The van der Waals surface area contributed by atoms with Crippen molar-refractivity contribution in [3.05, 3.63) is 11.6 Å². The van der Waals surface area contributed by atoms with E-state index in [4.69, 9.17) is 4.74 Å². The monoisotopic (exact) mass is 250 g/mol. The van der Waals surface area contributed by atoms with Crippen LogP contribution in [-0.4, -0.2) is 18.5 Å². The van der Waals surface area contributed by atoms with Gasteiger partial charge in [0.2, 0.25) is 0 Å². The molecule has 0 N–H and O–H groups in total. The van der Waals surface area contributed by atoms with Gasteiger partial charge in [-0.15, -0.1) is 0 Å². The zero-order valence-electron chi connectivity index (χ0n) is 11.7. The molecular formula is C16H26O2. The Kier molecular flexibility index (Phi) is 4.99. The second-order valence-corrected chi connectivity index (χ2v) is 5.77. The smallest absolute Gasteiger partial charge is 0.190 e. The van der Waals surface area contributed by atoms with Crippen molar-refractivity contribution in [1.82, 2.24) is 0 Å². The molecule has 18 heavy (non-hydrogen) atoms. The molecule has 2 heteroatoms. The average Bonchev–Trinajstić information content (AvgIpc) is 2.38. The minimum absolute atomic E-state index is 0.298. The summed E-state index contributed by atoms with van der Waals surface area (Å²) < 4.78 is 5.68. The van der Waals surface area contributed by atoms with E-state index in [1.807, 2.05) is 0 Å². The summed E-state index contributed by atoms with van der Waals surface area (Å²) >= 11 is 0. The van der Waals surface area contributed by atoms with Crippen molar-refractivity contribution in [2.75, 3.05) is 7.11 Å². The van der Waals surface area contributed by atoms with Crippen LogP contribution >= 0.6 is 0 Å². The molecule has 0 radical (unpaired) electrons. The van der Waals surface area contributed by atoms with Gasteiger partial charge in [0.05, 0.1) is 0 Å². The molecule has 1 fully saturated rings. The second-order valence-electron chi connectivity index (χ2n) is 5.77. The number of ketones is 1. The first-order valence-corrected chi connectivity index (χ1v) is 7.57. The molecule has 0 aromatic rings. The number of carbonyl (C=O) groups is 1. The number of ether oxygens (including phenoxy) is 1. The fraction of sp³-hybridized carbons (Fsp3) is 0.812. The maximum Gasteiger partial charge on any atom is 0.190 e. The predicted octanol–water partition coefficient (Wildman–Crippen LogP) is 4.19. The van der Waals surface area contributed by atoms with Crippen molar-refractivity contribution < 1.29 is 9.53 Å². The quantitative estimate of drug-likeness (QED) is 0.751. The summed E-state index contributed by atoms with van der Waals surface area (Å²) in [7, 11) is 1.71. The molecule has 0 atom stereocenters. The molecule has 0 amide bonds. The third-order valence-electron chi connectivity index (χ3n) is 4.55. The summed E-state index contributed by atoms with van der Waals surface area (Å²) in [5, 5.41) is 0. The third kappa shape index (κ3) is 3.03. The van der Waals surface area contributed by atoms with Gasteiger partial charge in [-0.1, -0.05) is 38.2 Å². The molecule has 2 rings (SSSR count). The standard InChI is InChI=1S/C16H26O2/c1-18-16(12-8-5-9-13-16)15(17)14-10-6-3-2-4-7-11-14/h10H,2-9,11-13H2,1H3. The first kappa shape index (κ1) is 13.8. The van der Waals surface area contributed by atoms with Crippen LogP contribution < -0.4 is 0 Å². The molecule has 0 aromatic carbocycles. The predicted molar refractivity (Wildman–Crippen MR) is 73.6 cm³/mol. The molecule has 0 saturated heterocycles. The number of hydrogen-bond acceptors (Lipinski definition) is 2. The molecule has 0 aromatic heterocycles. The number of methoxy groups -OCH3 is 1. The highest BCUT2D eigenvalue weighted by atomic mass is 16.5. The number of rotatable bonds is 3. The molecule has 0 aliphatic heterocycles. The molecule has 0 bridgehead atoms. The molecule has 102 valence electrons. The van der Waals surface area contributed by atoms with E-state index in [2.05, 4.69) is 6.08 Å². The van der Waals surface area contributed by atoms with E-state index in [9.17, 15) is 4.79 Å². The van der Waals surface area contributed by atoms with E-state index in [0.717, 1.165) is 50.5 Å². The lowest BCUT2D eigenvalue weighted by Crippen LogP contribution is -2.43. The zero-order valence-corrected chi connectivity index (χ0v) is 11.7. The SMILES string of the molecule is COC1(C(=O)C2=CCCCCCC2)CCCCC1. The topological polar surface area (TPSA) is 26.3 Å². The van der Waals surface area contributed by atoms with Crippen LogP contribution in [0.1, 0.15) is 70.6 Å². The number of Topliss-reactive ketones (excluding diaryl/α,β-unsaturated/α-hetero) is 1. The summed E-state index contributed by atoms with van der Waals surface area (Å²) in [6, 6.07) is 0. The summed E-state index contributed by atoms with van der Waals surface area (Å²) in [6.45, 7) is 0. The maximum atomic E-state index is 12.8. The van der Waals surface area contributed by atoms with Crippen LogP contribution in [0.25, 0.3) is 0 Å². The lowest BCUT2D eigenvalue weighted by Gasteiger charge is -2.35. The van der Waals surface area contributed by atoms with Crippen molar-refractivity contribution in [3.63, 3.8) is 0 Å². The highest BCUT2D eigenvalue weighted by molar-refractivity contribution is 6.02. The Bertz CT molecular complexity index is 311. The highest BCUT2D eigenvalue weighted by Gasteiger charge is 2.40. The normalized spacial score (nSPS) is 24.8. The Labute approximate surface area is 111 Å². The first-order chi connectivity index (χ1) is 8.78. The number of hydrogen-bond donors (Lipinski definition) is 0. The molecule has 2 nitrogen and oxygen atoms in total. The van der Waals surface area contributed by atoms with E-state index >= 15 is 0 Å². The molecule has 0 unspecified atom stereocenters. The Morgan fingerprint density at radius 1 is 1.06 bits per heavy atom. The Morgan fingerprint density at radius 3 is 2.44 bits per heavy atom. The van der Waals surface area contributed by atoms with Crippen molar-refractivity contribution in [1.29, 1.82) is 0 Å². The maximum absolute atomic E-state index is 12.8. The average molecular weight is 250 g/mol. The van der Waals surface area contributed by atoms with E-state index in [1.54, 1.807) is 7.11 Å². The van der Waals surface area contributed by atoms with Crippen LogP contribution in [-0.2, 0) is 9.53 Å². The lowest BCUT2D eigenvalue weighted by molar-refractivity contribution is -0.141. The van der Waals surface area contributed by atoms with Crippen LogP contribution in [0.4, 0.5) is 0 Å². The van der Waals surface area contributed by atoms with E-state index in [-0.39, 0.29) is 0 Å². The van der Waals surface area contributed by atoms with Crippen LogP contribution in [0, 0.1) is 0 Å². The van der Waals surface area contributed by atoms with Gasteiger partial charge in [-0.25, -0.2) is 0 Å². The summed E-state index contributed by atoms with van der Waals surface area (Å²) in [5.41, 5.74) is 0.571. The zero-order chi connectivity index (χ0) is 12.8. The minimum atomic E-state index is -0.483. The third-order valence-corrected chi connectivity index (χ3v) is 4.55. The van der Waals surface area contributed by atoms with Gasteiger partial charge in [-0.2, -0.15) is 0 Å². The highest BCUT2D eigenvalue weighted by Crippen LogP contribution is 2.35. The molecular weight excluding hydrogens is 224 g/mol. The largest absolute Gasteiger partial charge is 0.370 e. The summed E-state index contributed by atoms with van der Waals surface area (Å²) in [5.74, 6) is 0.298. The van der Waals surface area contributed by atoms with Crippen LogP contribution in [0.3, 0.4) is 0 Å². The fourth-order valence-electron chi connectivity index (χ4n) is 3.34. The van der Waals surface area contributed by atoms with Gasteiger partial charge in [0, 0.05) is 7.11 Å². The number of allylic oxidation sites excluding steroid dienone is 1. The van der Waals surface area contributed by atoms with Crippen molar-refractivity contribution >= 4 is 5.78 Å². The second kappa shape index (κ2) is 6.51. The molecule has 0 heterocycles. The van der Waals surface area contributed by atoms with Crippen molar-refractivity contribution in [2.45, 2.75) is 76.2 Å². The summed E-state index contributed by atoms with van der Waals surface area (Å²) in [6.07, 6.45) is 14.5. The molecule has 2 aliphatic rings. The van der Waals surface area contributed by atoms with Crippen LogP contribution in [0.15, 0.2) is 11.6 Å². The van der Waals surface area contributed by atoms with Gasteiger partial charge >= 0.3 is 0 Å². The lowest BCUT2D eigenvalue weighted by atomic mass is 9.77. The Morgan fingerprint density at radius 2 is 1.72 bits per heavy atom. The van der Waals surface area contributed by atoms with Crippen LogP contribution in [0.2, 0.25) is 0 Å². The Balaban J connectivity index is 2.11. The molecule has 0 spiro atoms. The Hall–Kier alpha value is -0.630. The summed E-state index contributed by atoms with van der Waals surface area (Å²) in [4.78, 5) is 12.8. The van der Waals surface area contributed by atoms with E-state index in [0.29, 0.717) is 5.78 Å². The minimum Gasteiger partial charge on any atom is -0.370 e. The van der Waals surface area contributed by atoms with Gasteiger partial charge in [-0.05, 0) is 44.1 Å². The van der Waals surface area contributed by atoms with Gasteiger partial charge in [0.15, 0.2) is 5.78 Å². The van der Waals surface area contributed by atoms with E-state index in [1.165, 1.54) is 25.7 Å². The first-order valence-electron chi connectivity index (χ1n) is 7.57.